The van der Waals surface area contributed by atoms with Crippen LogP contribution in [-0.4, -0.2) is 22.3 Å². The fourth-order valence-corrected chi connectivity index (χ4v) is 3.53. The van der Waals surface area contributed by atoms with Crippen LogP contribution in [0.15, 0.2) is 18.2 Å². The highest BCUT2D eigenvalue weighted by Gasteiger charge is 2.35. The molecule has 4 atom stereocenters. The molecule has 1 aromatic carbocycles. The van der Waals surface area contributed by atoms with Gasteiger partial charge in [0.05, 0.1) is 5.02 Å². The number of carbonyl (C=O) groups excluding carboxylic acids is 1. The minimum Gasteiger partial charge on any atom is -0.506 e. The van der Waals surface area contributed by atoms with Crippen LogP contribution in [0.2, 0.25) is 5.02 Å². The molecule has 0 spiro atoms. The van der Waals surface area contributed by atoms with Crippen LogP contribution in [-0.2, 0) is 9.53 Å². The summed E-state index contributed by atoms with van der Waals surface area (Å²) in [5.74, 6) is 0.204. The molecule has 1 fully saturated rings. The number of hydrogen-bond acceptors (Lipinski definition) is 4. The highest BCUT2D eigenvalue weighted by molar-refractivity contribution is 6.32. The molecule has 1 aliphatic carbocycles. The third kappa shape index (κ3) is 4.18. The molecule has 128 valence electrons. The predicted octanol–water partition coefficient (Wildman–Crippen LogP) is 4.08. The lowest BCUT2D eigenvalue weighted by Crippen LogP contribution is -2.37. The largest absolute Gasteiger partial charge is 0.506 e. The highest BCUT2D eigenvalue weighted by atomic mass is 35.5. The Morgan fingerprint density at radius 2 is 2.04 bits per heavy atom. The second-order valence-corrected chi connectivity index (χ2v) is 7.29. The molecular weight excluding hydrogens is 316 g/mol. The van der Waals surface area contributed by atoms with Gasteiger partial charge in [0.1, 0.15) is 11.9 Å². The molecule has 1 unspecified atom stereocenters. The number of hydrogen-bond donors (Lipinski definition) is 2. The normalized spacial score (nSPS) is 26.1. The van der Waals surface area contributed by atoms with Crippen LogP contribution in [0.5, 0.6) is 5.75 Å². The first-order valence-corrected chi connectivity index (χ1v) is 8.55. The summed E-state index contributed by atoms with van der Waals surface area (Å²) in [6.07, 6.45) is 1.24. The summed E-state index contributed by atoms with van der Waals surface area (Å²) >= 11 is 5.83. The lowest BCUT2D eigenvalue weighted by atomic mass is 9.75. The molecule has 23 heavy (non-hydrogen) atoms. The van der Waals surface area contributed by atoms with Gasteiger partial charge in [-0.25, -0.2) is 4.79 Å². The Labute approximate surface area is 142 Å². The van der Waals surface area contributed by atoms with Gasteiger partial charge < -0.3 is 14.9 Å². The number of esters is 1. The summed E-state index contributed by atoms with van der Waals surface area (Å²) in [6, 6.07) is 4.54. The number of ether oxygens (including phenoxy) is 1. The molecule has 0 aliphatic heterocycles. The second kappa shape index (κ2) is 7.54. The zero-order chi connectivity index (χ0) is 17.1. The van der Waals surface area contributed by atoms with E-state index in [0.29, 0.717) is 17.8 Å². The molecule has 1 saturated carbocycles. The Hall–Kier alpha value is -1.26. The lowest BCUT2D eigenvalue weighted by molar-refractivity contribution is -0.166. The zero-order valence-corrected chi connectivity index (χ0v) is 14.6. The van der Waals surface area contributed by atoms with E-state index in [1.165, 1.54) is 12.1 Å². The van der Waals surface area contributed by atoms with Gasteiger partial charge in [-0.15, -0.1) is 0 Å². The van der Waals surface area contributed by atoms with Crippen LogP contribution in [0.4, 0.5) is 0 Å². The molecule has 0 amide bonds. The van der Waals surface area contributed by atoms with E-state index in [-0.39, 0.29) is 22.4 Å². The number of aromatic hydroxyl groups is 1. The summed E-state index contributed by atoms with van der Waals surface area (Å²) in [7, 11) is 0. The Morgan fingerprint density at radius 3 is 2.70 bits per heavy atom. The van der Waals surface area contributed by atoms with Crippen molar-refractivity contribution in [1.29, 1.82) is 0 Å². The fraction of sp³-hybridized carbons (Fsp3) is 0.611. The molecule has 0 aromatic heterocycles. The van der Waals surface area contributed by atoms with E-state index in [2.05, 4.69) is 20.8 Å². The number of aliphatic hydroxyl groups is 1. The summed E-state index contributed by atoms with van der Waals surface area (Å²) in [4.78, 5) is 12.3. The standard InChI is InChI=1S/C18H25ClO4/c1-10(2)12-8-7-11(3)9-15(12)23-18(22)17(21)13-5-4-6-14(19)16(13)20/h4-6,10-12,15,17,20-21H,7-9H2,1-3H3/t11-,12+,15-,17?/m0/s1. The van der Waals surface area contributed by atoms with Crippen LogP contribution >= 0.6 is 11.6 Å². The molecule has 0 heterocycles. The minimum atomic E-state index is -1.53. The molecule has 4 nitrogen and oxygen atoms in total. The van der Waals surface area contributed by atoms with E-state index in [4.69, 9.17) is 16.3 Å². The van der Waals surface area contributed by atoms with Gasteiger partial charge in [0, 0.05) is 5.56 Å². The molecule has 0 radical (unpaired) electrons. The van der Waals surface area contributed by atoms with E-state index in [0.717, 1.165) is 19.3 Å². The number of phenolic OH excluding ortho intramolecular Hbond substituents is 1. The average Bonchev–Trinajstić information content (AvgIpc) is 2.49. The summed E-state index contributed by atoms with van der Waals surface area (Å²) in [5.41, 5.74) is 0.0763. The van der Waals surface area contributed by atoms with Gasteiger partial charge in [-0.3, -0.25) is 0 Å². The van der Waals surface area contributed by atoms with Gasteiger partial charge in [-0.1, -0.05) is 50.9 Å². The molecule has 0 saturated heterocycles. The van der Waals surface area contributed by atoms with Crippen LogP contribution in [0, 0.1) is 17.8 Å². The molecule has 1 aliphatic rings. The maximum atomic E-state index is 12.3. The number of rotatable bonds is 4. The minimum absolute atomic E-state index is 0.0763. The molecule has 2 rings (SSSR count). The molecule has 0 bridgehead atoms. The van der Waals surface area contributed by atoms with Crippen molar-refractivity contribution in [1.82, 2.24) is 0 Å². The topological polar surface area (TPSA) is 66.8 Å². The van der Waals surface area contributed by atoms with Gasteiger partial charge in [-0.05, 0) is 36.7 Å². The molecule has 1 aromatic rings. The van der Waals surface area contributed by atoms with Crippen molar-refractivity contribution in [3.8, 4) is 5.75 Å². The van der Waals surface area contributed by atoms with E-state index in [1.54, 1.807) is 6.07 Å². The number of halogens is 1. The van der Waals surface area contributed by atoms with Crippen molar-refractivity contribution < 1.29 is 19.7 Å². The number of phenols is 1. The number of carbonyl (C=O) groups is 1. The van der Waals surface area contributed by atoms with Gasteiger partial charge in [0.2, 0.25) is 0 Å². The maximum absolute atomic E-state index is 12.3. The SMILES string of the molecule is CC(C)[C@H]1CC[C@H](C)C[C@@H]1OC(=O)C(O)c1cccc(Cl)c1O. The number of para-hydroxylation sites is 1. The molecule has 2 N–H and O–H groups in total. The zero-order valence-electron chi connectivity index (χ0n) is 13.8. The van der Waals surface area contributed by atoms with Crippen molar-refractivity contribution in [2.75, 3.05) is 0 Å². The predicted molar refractivity (Wildman–Crippen MR) is 89.3 cm³/mol. The average molecular weight is 341 g/mol. The smallest absolute Gasteiger partial charge is 0.340 e. The first-order valence-electron chi connectivity index (χ1n) is 8.17. The van der Waals surface area contributed by atoms with Gasteiger partial charge in [0.25, 0.3) is 0 Å². The van der Waals surface area contributed by atoms with Crippen LogP contribution in [0.25, 0.3) is 0 Å². The summed E-state index contributed by atoms with van der Waals surface area (Å²) < 4.78 is 5.60. The fourth-order valence-electron chi connectivity index (χ4n) is 3.34. The first kappa shape index (κ1) is 18.1. The highest BCUT2D eigenvalue weighted by Crippen LogP contribution is 2.37. The van der Waals surface area contributed by atoms with Crippen molar-refractivity contribution in [2.45, 2.75) is 52.2 Å². The van der Waals surface area contributed by atoms with E-state index in [1.807, 2.05) is 0 Å². The Balaban J connectivity index is 2.11. The molecule has 5 heteroatoms. The number of benzene rings is 1. The van der Waals surface area contributed by atoms with E-state index < -0.39 is 12.1 Å². The van der Waals surface area contributed by atoms with Gasteiger partial charge in [0.15, 0.2) is 6.10 Å². The van der Waals surface area contributed by atoms with Crippen LogP contribution < -0.4 is 0 Å². The first-order chi connectivity index (χ1) is 10.8. The monoisotopic (exact) mass is 340 g/mol. The third-order valence-corrected chi connectivity index (χ3v) is 5.07. The van der Waals surface area contributed by atoms with Crippen molar-refractivity contribution in [2.24, 2.45) is 17.8 Å². The summed E-state index contributed by atoms with van der Waals surface area (Å²) in [5, 5.41) is 20.2. The van der Waals surface area contributed by atoms with Crippen molar-refractivity contribution >= 4 is 17.6 Å². The van der Waals surface area contributed by atoms with Crippen molar-refractivity contribution in [3.63, 3.8) is 0 Å². The lowest BCUT2D eigenvalue weighted by Gasteiger charge is -2.37. The van der Waals surface area contributed by atoms with Crippen molar-refractivity contribution in [3.05, 3.63) is 28.8 Å². The second-order valence-electron chi connectivity index (χ2n) is 6.88. The Morgan fingerprint density at radius 1 is 1.35 bits per heavy atom. The Bertz CT molecular complexity index is 558. The van der Waals surface area contributed by atoms with E-state index >= 15 is 0 Å². The third-order valence-electron chi connectivity index (χ3n) is 4.76. The molecular formula is C18H25ClO4. The summed E-state index contributed by atoms with van der Waals surface area (Å²) in [6.45, 7) is 6.40. The van der Waals surface area contributed by atoms with Gasteiger partial charge >= 0.3 is 5.97 Å². The van der Waals surface area contributed by atoms with Gasteiger partial charge in [-0.2, -0.15) is 0 Å². The van der Waals surface area contributed by atoms with Crippen LogP contribution in [0.3, 0.4) is 0 Å². The quantitative estimate of drug-likeness (QED) is 0.810. The number of aliphatic hydroxyl groups excluding tert-OH is 1. The Kier molecular flexibility index (Phi) is 5.93. The van der Waals surface area contributed by atoms with Crippen LogP contribution in [0.1, 0.15) is 51.7 Å². The van der Waals surface area contributed by atoms with E-state index in [9.17, 15) is 15.0 Å². The maximum Gasteiger partial charge on any atom is 0.340 e.